The fourth-order valence-corrected chi connectivity index (χ4v) is 2.68. The molecule has 2 saturated heterocycles. The van der Waals surface area contributed by atoms with Crippen molar-refractivity contribution in [1.82, 2.24) is 15.3 Å². The number of rotatable bonds is 3. The molecule has 0 unspecified atom stereocenters. The van der Waals surface area contributed by atoms with Gasteiger partial charge < -0.3 is 15.0 Å². The number of nitrogens with one attached hydrogen (secondary N) is 1. The Labute approximate surface area is 112 Å². The van der Waals surface area contributed by atoms with Crippen LogP contribution >= 0.6 is 0 Å². The second-order valence-corrected chi connectivity index (χ2v) is 5.17. The smallest absolute Gasteiger partial charge is 0.187 e. The van der Waals surface area contributed by atoms with Crippen LogP contribution in [0.15, 0.2) is 6.33 Å². The van der Waals surface area contributed by atoms with Gasteiger partial charge in [-0.05, 0) is 19.9 Å². The first kappa shape index (κ1) is 12.7. The zero-order valence-electron chi connectivity index (χ0n) is 11.1. The van der Waals surface area contributed by atoms with Crippen LogP contribution < -0.4 is 10.2 Å². The van der Waals surface area contributed by atoms with Crippen molar-refractivity contribution < 1.29 is 9.13 Å². The maximum absolute atomic E-state index is 14.5. The molecule has 1 N–H and O–H groups in total. The fourth-order valence-electron chi connectivity index (χ4n) is 2.68. The molecule has 0 aliphatic carbocycles. The first-order chi connectivity index (χ1) is 9.29. The van der Waals surface area contributed by atoms with E-state index in [1.54, 1.807) is 0 Å². The SMILES string of the molecule is CNC1CN(c2ncnc(C3CCOCC3)c2F)C1. The van der Waals surface area contributed by atoms with Gasteiger partial charge in [-0.15, -0.1) is 0 Å². The number of halogens is 1. The minimum atomic E-state index is -0.246. The van der Waals surface area contributed by atoms with E-state index in [9.17, 15) is 4.39 Å². The summed E-state index contributed by atoms with van der Waals surface area (Å²) < 4.78 is 19.8. The van der Waals surface area contributed by atoms with Crippen LogP contribution in [0.3, 0.4) is 0 Å². The van der Waals surface area contributed by atoms with Crippen LogP contribution in [-0.2, 0) is 4.74 Å². The average molecular weight is 266 g/mol. The topological polar surface area (TPSA) is 50.3 Å². The molecule has 2 fully saturated rings. The van der Waals surface area contributed by atoms with Gasteiger partial charge >= 0.3 is 0 Å². The molecular formula is C13H19FN4O. The summed E-state index contributed by atoms with van der Waals surface area (Å²) in [7, 11) is 1.92. The molecule has 1 aromatic heterocycles. The minimum Gasteiger partial charge on any atom is -0.381 e. The summed E-state index contributed by atoms with van der Waals surface area (Å²) in [5, 5.41) is 3.17. The van der Waals surface area contributed by atoms with Crippen molar-refractivity contribution in [2.24, 2.45) is 0 Å². The lowest BCUT2D eigenvalue weighted by Crippen LogP contribution is -2.57. The van der Waals surface area contributed by atoms with Crippen molar-refractivity contribution in [3.63, 3.8) is 0 Å². The Bertz CT molecular complexity index is 444. The summed E-state index contributed by atoms with van der Waals surface area (Å²) in [5.41, 5.74) is 0.557. The molecule has 1 aromatic rings. The van der Waals surface area contributed by atoms with E-state index in [0.29, 0.717) is 30.8 Å². The lowest BCUT2D eigenvalue weighted by molar-refractivity contribution is 0.0836. The molecule has 6 heteroatoms. The van der Waals surface area contributed by atoms with E-state index in [1.165, 1.54) is 6.33 Å². The van der Waals surface area contributed by atoms with Gasteiger partial charge in [-0.2, -0.15) is 0 Å². The van der Waals surface area contributed by atoms with E-state index in [2.05, 4.69) is 15.3 Å². The monoisotopic (exact) mass is 266 g/mol. The van der Waals surface area contributed by atoms with Crippen molar-refractivity contribution in [3.8, 4) is 0 Å². The molecule has 0 amide bonds. The van der Waals surface area contributed by atoms with Crippen LogP contribution in [-0.4, -0.2) is 49.4 Å². The van der Waals surface area contributed by atoms with Gasteiger partial charge in [0.25, 0.3) is 0 Å². The van der Waals surface area contributed by atoms with Gasteiger partial charge in [0.15, 0.2) is 11.6 Å². The highest BCUT2D eigenvalue weighted by molar-refractivity contribution is 5.45. The first-order valence-electron chi connectivity index (χ1n) is 6.80. The predicted molar refractivity (Wildman–Crippen MR) is 69.8 cm³/mol. The van der Waals surface area contributed by atoms with Gasteiger partial charge in [-0.3, -0.25) is 0 Å². The Kier molecular flexibility index (Phi) is 3.61. The number of anilines is 1. The fraction of sp³-hybridized carbons (Fsp3) is 0.692. The van der Waals surface area contributed by atoms with E-state index >= 15 is 0 Å². The van der Waals surface area contributed by atoms with Gasteiger partial charge in [0.2, 0.25) is 0 Å². The summed E-state index contributed by atoms with van der Waals surface area (Å²) in [5.74, 6) is 0.365. The Morgan fingerprint density at radius 1 is 1.32 bits per heavy atom. The zero-order chi connectivity index (χ0) is 13.2. The third-order valence-electron chi connectivity index (χ3n) is 4.00. The van der Waals surface area contributed by atoms with Crippen molar-refractivity contribution in [2.45, 2.75) is 24.8 Å². The average Bonchev–Trinajstić information content (AvgIpc) is 2.40. The maximum atomic E-state index is 14.5. The van der Waals surface area contributed by atoms with Crippen molar-refractivity contribution in [3.05, 3.63) is 17.8 Å². The van der Waals surface area contributed by atoms with Crippen molar-refractivity contribution >= 4 is 5.82 Å². The second-order valence-electron chi connectivity index (χ2n) is 5.17. The molecule has 104 valence electrons. The molecule has 0 spiro atoms. The van der Waals surface area contributed by atoms with Crippen LogP contribution in [0.1, 0.15) is 24.5 Å². The molecule has 0 atom stereocenters. The Morgan fingerprint density at radius 3 is 2.74 bits per heavy atom. The highest BCUT2D eigenvalue weighted by Gasteiger charge is 2.31. The molecule has 3 heterocycles. The van der Waals surface area contributed by atoms with Crippen molar-refractivity contribution in [2.75, 3.05) is 38.3 Å². The summed E-state index contributed by atoms with van der Waals surface area (Å²) in [4.78, 5) is 10.2. The number of aromatic nitrogens is 2. The summed E-state index contributed by atoms with van der Waals surface area (Å²) in [6.07, 6.45) is 3.16. The zero-order valence-corrected chi connectivity index (χ0v) is 11.1. The van der Waals surface area contributed by atoms with E-state index < -0.39 is 0 Å². The van der Waals surface area contributed by atoms with E-state index in [4.69, 9.17) is 4.74 Å². The van der Waals surface area contributed by atoms with E-state index in [1.807, 2.05) is 11.9 Å². The number of ether oxygens (including phenoxy) is 1. The van der Waals surface area contributed by atoms with Crippen LogP contribution in [0.4, 0.5) is 10.2 Å². The van der Waals surface area contributed by atoms with Crippen LogP contribution in [0, 0.1) is 5.82 Å². The Morgan fingerprint density at radius 2 is 2.05 bits per heavy atom. The third kappa shape index (κ3) is 2.42. The number of hydrogen-bond acceptors (Lipinski definition) is 5. The molecule has 19 heavy (non-hydrogen) atoms. The Hall–Kier alpha value is -1.27. The van der Waals surface area contributed by atoms with Gasteiger partial charge in [-0.1, -0.05) is 0 Å². The number of likely N-dealkylation sites (N-methyl/N-ethyl adjacent to an activating group) is 1. The lowest BCUT2D eigenvalue weighted by Gasteiger charge is -2.40. The van der Waals surface area contributed by atoms with Crippen LogP contribution in [0.25, 0.3) is 0 Å². The highest BCUT2D eigenvalue weighted by Crippen LogP contribution is 2.31. The van der Waals surface area contributed by atoms with Crippen LogP contribution in [0.2, 0.25) is 0 Å². The molecule has 5 nitrogen and oxygen atoms in total. The van der Waals surface area contributed by atoms with Gasteiger partial charge in [0, 0.05) is 38.3 Å². The molecule has 3 rings (SSSR count). The predicted octanol–water partition coefficient (Wildman–Crippen LogP) is 0.918. The van der Waals surface area contributed by atoms with Crippen molar-refractivity contribution in [1.29, 1.82) is 0 Å². The standard InChI is InChI=1S/C13H19FN4O/c1-15-10-6-18(7-10)13-11(14)12(16-8-17-13)9-2-4-19-5-3-9/h8-10,15H,2-7H2,1H3. The Balaban J connectivity index is 1.79. The summed E-state index contributed by atoms with van der Waals surface area (Å²) in [6, 6.07) is 0.431. The van der Waals surface area contributed by atoms with Crippen LogP contribution in [0.5, 0.6) is 0 Å². The molecule has 0 aromatic carbocycles. The number of hydrogen-bond donors (Lipinski definition) is 1. The molecule has 0 bridgehead atoms. The molecule has 2 aliphatic heterocycles. The molecule has 0 radical (unpaired) electrons. The normalized spacial score (nSPS) is 21.5. The van der Waals surface area contributed by atoms with Gasteiger partial charge in [0.05, 0.1) is 5.69 Å². The summed E-state index contributed by atoms with van der Waals surface area (Å²) >= 11 is 0. The summed E-state index contributed by atoms with van der Waals surface area (Å²) in [6.45, 7) is 2.99. The molecule has 2 aliphatic rings. The third-order valence-corrected chi connectivity index (χ3v) is 4.00. The highest BCUT2D eigenvalue weighted by atomic mass is 19.1. The molecular weight excluding hydrogens is 247 g/mol. The minimum absolute atomic E-state index is 0.164. The second kappa shape index (κ2) is 5.38. The van der Waals surface area contributed by atoms with Gasteiger partial charge in [0.1, 0.15) is 6.33 Å². The molecule has 0 saturated carbocycles. The maximum Gasteiger partial charge on any atom is 0.187 e. The quantitative estimate of drug-likeness (QED) is 0.881. The van der Waals surface area contributed by atoms with Gasteiger partial charge in [-0.25, -0.2) is 14.4 Å². The van der Waals surface area contributed by atoms with E-state index in [0.717, 1.165) is 25.9 Å². The number of nitrogens with zero attached hydrogens (tertiary/aromatic N) is 3. The largest absolute Gasteiger partial charge is 0.381 e. The first-order valence-corrected chi connectivity index (χ1v) is 6.80. The lowest BCUT2D eigenvalue weighted by atomic mass is 9.95. The van der Waals surface area contributed by atoms with E-state index in [-0.39, 0.29) is 11.7 Å².